The van der Waals surface area contributed by atoms with Gasteiger partial charge in [0.2, 0.25) is 5.91 Å². The highest BCUT2D eigenvalue weighted by molar-refractivity contribution is 5.95. The first-order chi connectivity index (χ1) is 8.24. The minimum atomic E-state index is 0.0341. The van der Waals surface area contributed by atoms with E-state index < -0.39 is 0 Å². The highest BCUT2D eigenvalue weighted by atomic mass is 16.1. The average Bonchev–Trinajstić information content (AvgIpc) is 2.82. The molecule has 1 aliphatic rings. The third-order valence-electron chi connectivity index (χ3n) is 2.81. The van der Waals surface area contributed by atoms with Crippen LogP contribution in [0.4, 0.5) is 11.4 Å². The molecule has 1 aromatic carbocycles. The zero-order chi connectivity index (χ0) is 11.8. The molecule has 0 bridgehead atoms. The molecule has 6 nitrogen and oxygen atoms in total. The van der Waals surface area contributed by atoms with E-state index in [2.05, 4.69) is 15.4 Å². The molecule has 0 fully saturated rings. The first-order valence-electron chi connectivity index (χ1n) is 5.31. The number of rotatable bonds is 1. The zero-order valence-electron chi connectivity index (χ0n) is 9.05. The molecule has 6 heteroatoms. The number of carbonyl (C=O) groups is 1. The molecule has 1 amide bonds. The maximum Gasteiger partial charge on any atom is 0.224 e. The zero-order valence-corrected chi connectivity index (χ0v) is 9.05. The number of nitrogens with two attached hydrogens (primary N) is 1. The summed E-state index contributed by atoms with van der Waals surface area (Å²) < 4.78 is 1.58. The van der Waals surface area contributed by atoms with Gasteiger partial charge in [-0.25, -0.2) is 9.67 Å². The van der Waals surface area contributed by atoms with Crippen molar-refractivity contribution in [3.05, 3.63) is 30.4 Å². The molecule has 0 radical (unpaired) electrons. The molecule has 86 valence electrons. The molecule has 3 N–H and O–H groups in total. The first kappa shape index (κ1) is 9.83. The predicted molar refractivity (Wildman–Crippen MR) is 62.7 cm³/mol. The number of nitrogen functional groups attached to an aromatic ring is 1. The minimum Gasteiger partial charge on any atom is -0.397 e. The summed E-state index contributed by atoms with van der Waals surface area (Å²) in [5.74, 6) is 0.0341. The topological polar surface area (TPSA) is 85.8 Å². The number of nitrogens with zero attached hydrogens (tertiary/aromatic N) is 3. The summed E-state index contributed by atoms with van der Waals surface area (Å²) in [6.45, 7) is 0. The average molecular weight is 229 g/mol. The molecule has 2 heterocycles. The molecule has 3 rings (SSSR count). The van der Waals surface area contributed by atoms with Crippen LogP contribution in [0.1, 0.15) is 12.0 Å². The van der Waals surface area contributed by atoms with Crippen LogP contribution < -0.4 is 11.1 Å². The molecule has 2 aromatic rings. The lowest BCUT2D eigenvalue weighted by atomic mass is 10.0. The summed E-state index contributed by atoms with van der Waals surface area (Å²) >= 11 is 0. The lowest BCUT2D eigenvalue weighted by Crippen LogP contribution is -2.19. The van der Waals surface area contributed by atoms with Crippen LogP contribution in [0, 0.1) is 0 Å². The SMILES string of the molecule is Nc1cc2c(cc1-n1cncn1)NC(=O)CC2. The van der Waals surface area contributed by atoms with Gasteiger partial charge < -0.3 is 11.1 Å². The van der Waals surface area contributed by atoms with Crippen molar-refractivity contribution < 1.29 is 4.79 Å². The number of amides is 1. The Labute approximate surface area is 97.5 Å². The van der Waals surface area contributed by atoms with Gasteiger partial charge in [0.15, 0.2) is 0 Å². The highest BCUT2D eigenvalue weighted by Crippen LogP contribution is 2.29. The fourth-order valence-corrected chi connectivity index (χ4v) is 1.97. The van der Waals surface area contributed by atoms with Gasteiger partial charge >= 0.3 is 0 Å². The highest BCUT2D eigenvalue weighted by Gasteiger charge is 2.17. The Morgan fingerprint density at radius 3 is 3.00 bits per heavy atom. The van der Waals surface area contributed by atoms with Crippen molar-refractivity contribution in [2.45, 2.75) is 12.8 Å². The summed E-state index contributed by atoms with van der Waals surface area (Å²) in [6, 6.07) is 3.71. The van der Waals surface area contributed by atoms with E-state index in [1.165, 1.54) is 6.33 Å². The van der Waals surface area contributed by atoms with E-state index in [-0.39, 0.29) is 5.91 Å². The van der Waals surface area contributed by atoms with Gasteiger partial charge in [-0.2, -0.15) is 5.10 Å². The van der Waals surface area contributed by atoms with E-state index >= 15 is 0 Å². The van der Waals surface area contributed by atoms with E-state index in [1.54, 1.807) is 11.0 Å². The number of aromatic nitrogens is 3. The van der Waals surface area contributed by atoms with Crippen molar-refractivity contribution in [3.8, 4) is 5.69 Å². The Bertz CT molecular complexity index is 576. The maximum absolute atomic E-state index is 11.3. The second kappa shape index (κ2) is 3.58. The third kappa shape index (κ3) is 1.63. The normalized spacial score (nSPS) is 14.2. The number of hydrogen-bond donors (Lipinski definition) is 2. The minimum absolute atomic E-state index is 0.0341. The van der Waals surface area contributed by atoms with Crippen LogP contribution in [-0.4, -0.2) is 20.7 Å². The third-order valence-corrected chi connectivity index (χ3v) is 2.81. The van der Waals surface area contributed by atoms with Crippen LogP contribution in [0.3, 0.4) is 0 Å². The standard InChI is InChI=1S/C11H11N5O/c12-8-3-7-1-2-11(17)15-9(7)4-10(8)16-6-13-5-14-16/h3-6H,1-2,12H2,(H,15,17). The fourth-order valence-electron chi connectivity index (χ4n) is 1.97. The van der Waals surface area contributed by atoms with Crippen LogP contribution in [0.25, 0.3) is 5.69 Å². The Hall–Kier alpha value is -2.37. The van der Waals surface area contributed by atoms with E-state index in [0.29, 0.717) is 12.1 Å². The second-order valence-corrected chi connectivity index (χ2v) is 3.96. The van der Waals surface area contributed by atoms with Crippen molar-refractivity contribution in [2.24, 2.45) is 0 Å². The molecular weight excluding hydrogens is 218 g/mol. The molecule has 0 atom stereocenters. The van der Waals surface area contributed by atoms with Crippen molar-refractivity contribution in [1.82, 2.24) is 14.8 Å². The van der Waals surface area contributed by atoms with Gasteiger partial charge in [0.1, 0.15) is 12.7 Å². The van der Waals surface area contributed by atoms with Crippen molar-refractivity contribution in [3.63, 3.8) is 0 Å². The summed E-state index contributed by atoms with van der Waals surface area (Å²) in [5, 5.41) is 6.86. The van der Waals surface area contributed by atoms with Crippen LogP contribution in [0.15, 0.2) is 24.8 Å². The molecular formula is C11H11N5O. The van der Waals surface area contributed by atoms with Gasteiger partial charge in [-0.05, 0) is 24.1 Å². The lowest BCUT2D eigenvalue weighted by Gasteiger charge is -2.18. The van der Waals surface area contributed by atoms with Crippen molar-refractivity contribution in [1.29, 1.82) is 0 Å². The molecule has 0 unspecified atom stereocenters. The van der Waals surface area contributed by atoms with Gasteiger partial charge in [-0.3, -0.25) is 4.79 Å². The van der Waals surface area contributed by atoms with Crippen LogP contribution in [-0.2, 0) is 11.2 Å². The smallest absolute Gasteiger partial charge is 0.224 e. The van der Waals surface area contributed by atoms with Gasteiger partial charge in [-0.15, -0.1) is 0 Å². The van der Waals surface area contributed by atoms with Gasteiger partial charge in [0.05, 0.1) is 11.4 Å². The predicted octanol–water partition coefficient (Wildman–Crippen LogP) is 0.734. The molecule has 0 spiro atoms. The molecule has 17 heavy (non-hydrogen) atoms. The molecule has 0 aliphatic carbocycles. The summed E-state index contributed by atoms with van der Waals surface area (Å²) in [6.07, 6.45) is 4.25. The Morgan fingerprint density at radius 1 is 1.35 bits per heavy atom. The number of aryl methyl sites for hydroxylation is 1. The van der Waals surface area contributed by atoms with E-state index in [0.717, 1.165) is 23.4 Å². The van der Waals surface area contributed by atoms with Gasteiger partial charge in [0, 0.05) is 12.1 Å². The number of hydrogen-bond acceptors (Lipinski definition) is 4. The lowest BCUT2D eigenvalue weighted by molar-refractivity contribution is -0.116. The summed E-state index contributed by atoms with van der Waals surface area (Å²) in [7, 11) is 0. The maximum atomic E-state index is 11.3. The number of fused-ring (bicyclic) bond motifs is 1. The monoisotopic (exact) mass is 229 g/mol. The van der Waals surface area contributed by atoms with Crippen LogP contribution in [0.5, 0.6) is 0 Å². The van der Waals surface area contributed by atoms with Gasteiger partial charge in [-0.1, -0.05) is 0 Å². The number of carbonyl (C=O) groups excluding carboxylic acids is 1. The molecule has 0 saturated carbocycles. The first-order valence-corrected chi connectivity index (χ1v) is 5.31. The number of nitrogens with one attached hydrogen (secondary N) is 1. The Balaban J connectivity index is 2.12. The van der Waals surface area contributed by atoms with Crippen molar-refractivity contribution >= 4 is 17.3 Å². The molecule has 1 aliphatic heterocycles. The van der Waals surface area contributed by atoms with Crippen molar-refractivity contribution in [2.75, 3.05) is 11.1 Å². The number of anilines is 2. The Morgan fingerprint density at radius 2 is 2.24 bits per heavy atom. The molecule has 0 saturated heterocycles. The quantitative estimate of drug-likeness (QED) is 0.706. The van der Waals surface area contributed by atoms with E-state index in [9.17, 15) is 4.79 Å². The fraction of sp³-hybridized carbons (Fsp3) is 0.182. The van der Waals surface area contributed by atoms with Crippen LogP contribution in [0.2, 0.25) is 0 Å². The second-order valence-electron chi connectivity index (χ2n) is 3.96. The van der Waals surface area contributed by atoms with Crippen LogP contribution >= 0.6 is 0 Å². The van der Waals surface area contributed by atoms with E-state index in [1.807, 2.05) is 12.1 Å². The van der Waals surface area contributed by atoms with E-state index in [4.69, 9.17) is 5.73 Å². The molecule has 1 aromatic heterocycles. The number of benzene rings is 1. The summed E-state index contributed by atoms with van der Waals surface area (Å²) in [5.41, 5.74) is 9.19. The van der Waals surface area contributed by atoms with Gasteiger partial charge in [0.25, 0.3) is 0 Å². The summed E-state index contributed by atoms with van der Waals surface area (Å²) in [4.78, 5) is 15.2. The largest absolute Gasteiger partial charge is 0.397 e. The Kier molecular flexibility index (Phi) is 2.07.